The van der Waals surface area contributed by atoms with E-state index in [9.17, 15) is 9.90 Å². The van der Waals surface area contributed by atoms with E-state index < -0.39 is 5.97 Å². The van der Waals surface area contributed by atoms with Gasteiger partial charge in [0.05, 0.1) is 5.02 Å². The molecule has 0 aliphatic carbocycles. The number of rotatable bonds is 3. The van der Waals surface area contributed by atoms with Crippen molar-refractivity contribution in [2.75, 3.05) is 0 Å². The van der Waals surface area contributed by atoms with Crippen LogP contribution in [0.15, 0.2) is 12.1 Å². The van der Waals surface area contributed by atoms with Crippen LogP contribution < -0.4 is 0 Å². The zero-order valence-electron chi connectivity index (χ0n) is 7.75. The van der Waals surface area contributed by atoms with Crippen LogP contribution in [0.5, 0.6) is 5.75 Å². The normalized spacial score (nSPS) is 10.1. The summed E-state index contributed by atoms with van der Waals surface area (Å²) in [6.07, 6.45) is 0.351. The molecule has 0 heterocycles. The molecule has 14 heavy (non-hydrogen) atoms. The van der Waals surface area contributed by atoms with Crippen molar-refractivity contribution >= 4 is 17.6 Å². The lowest BCUT2D eigenvalue weighted by atomic mass is 10.1. The van der Waals surface area contributed by atoms with Gasteiger partial charge in [0.15, 0.2) is 0 Å². The molecule has 0 atom stereocenters. The van der Waals surface area contributed by atoms with Crippen LogP contribution in [0.25, 0.3) is 0 Å². The highest BCUT2D eigenvalue weighted by Crippen LogP contribution is 2.30. The number of aromatic hydroxyl groups is 1. The van der Waals surface area contributed by atoms with E-state index in [4.69, 9.17) is 16.7 Å². The fourth-order valence-electron chi connectivity index (χ4n) is 1.14. The van der Waals surface area contributed by atoms with Gasteiger partial charge < -0.3 is 10.2 Å². The third-order valence-corrected chi connectivity index (χ3v) is 2.43. The first-order chi connectivity index (χ1) is 6.52. The summed E-state index contributed by atoms with van der Waals surface area (Å²) < 4.78 is 0. The molecule has 3 nitrogen and oxygen atoms in total. The lowest BCUT2D eigenvalue weighted by Crippen LogP contribution is -1.98. The molecule has 1 aromatic carbocycles. The summed E-state index contributed by atoms with van der Waals surface area (Å²) in [5, 5.41) is 18.2. The van der Waals surface area contributed by atoms with Crippen molar-refractivity contribution in [2.24, 2.45) is 0 Å². The molecule has 0 spiro atoms. The van der Waals surface area contributed by atoms with E-state index in [1.807, 2.05) is 0 Å². The third kappa shape index (κ3) is 2.39. The van der Waals surface area contributed by atoms with Crippen LogP contribution in [0.1, 0.15) is 17.5 Å². The van der Waals surface area contributed by atoms with Gasteiger partial charge in [-0.2, -0.15) is 0 Å². The van der Waals surface area contributed by atoms with Crippen LogP contribution in [0, 0.1) is 6.92 Å². The van der Waals surface area contributed by atoms with Gasteiger partial charge in [-0.3, -0.25) is 4.79 Å². The number of carbonyl (C=O) groups is 1. The van der Waals surface area contributed by atoms with Gasteiger partial charge in [-0.05, 0) is 24.5 Å². The molecule has 0 saturated heterocycles. The maximum Gasteiger partial charge on any atom is 0.303 e. The van der Waals surface area contributed by atoms with Crippen LogP contribution in [0.3, 0.4) is 0 Å². The summed E-state index contributed by atoms with van der Waals surface area (Å²) >= 11 is 5.84. The summed E-state index contributed by atoms with van der Waals surface area (Å²) in [6, 6.07) is 3.46. The molecule has 0 saturated carbocycles. The number of benzene rings is 1. The number of carboxylic acid groups (broad SMARTS) is 1. The van der Waals surface area contributed by atoms with E-state index in [1.165, 1.54) is 0 Å². The summed E-state index contributed by atoms with van der Waals surface area (Å²) in [6.45, 7) is 1.74. The zero-order valence-corrected chi connectivity index (χ0v) is 8.51. The highest BCUT2D eigenvalue weighted by atomic mass is 35.5. The first kappa shape index (κ1) is 10.9. The molecule has 2 N–H and O–H groups in total. The quantitative estimate of drug-likeness (QED) is 0.812. The molecule has 0 unspecified atom stereocenters. The van der Waals surface area contributed by atoms with Crippen molar-refractivity contribution in [3.63, 3.8) is 0 Å². The molecule has 0 amide bonds. The molecule has 0 fully saturated rings. The smallest absolute Gasteiger partial charge is 0.303 e. The Morgan fingerprint density at radius 3 is 2.71 bits per heavy atom. The van der Waals surface area contributed by atoms with E-state index in [1.54, 1.807) is 19.1 Å². The number of carboxylic acids is 1. The Bertz CT molecular complexity index is 361. The number of phenols is 1. The highest BCUT2D eigenvalue weighted by molar-refractivity contribution is 6.32. The zero-order chi connectivity index (χ0) is 10.7. The van der Waals surface area contributed by atoms with E-state index in [-0.39, 0.29) is 17.2 Å². The van der Waals surface area contributed by atoms with Crippen LogP contribution in [0.4, 0.5) is 0 Å². The Morgan fingerprint density at radius 2 is 2.14 bits per heavy atom. The molecule has 4 heteroatoms. The van der Waals surface area contributed by atoms with Crippen molar-refractivity contribution < 1.29 is 15.0 Å². The van der Waals surface area contributed by atoms with Gasteiger partial charge in [0, 0.05) is 6.42 Å². The van der Waals surface area contributed by atoms with Gasteiger partial charge in [-0.15, -0.1) is 0 Å². The number of hydrogen-bond donors (Lipinski definition) is 2. The predicted molar refractivity (Wildman–Crippen MR) is 53.8 cm³/mol. The minimum atomic E-state index is -0.874. The number of aryl methyl sites for hydroxylation is 2. The van der Waals surface area contributed by atoms with Crippen molar-refractivity contribution in [2.45, 2.75) is 19.8 Å². The Labute approximate surface area is 86.9 Å². The van der Waals surface area contributed by atoms with Crippen LogP contribution >= 0.6 is 11.6 Å². The molecule has 0 aliphatic heterocycles. The second-order valence-electron chi connectivity index (χ2n) is 3.10. The second kappa shape index (κ2) is 4.33. The van der Waals surface area contributed by atoms with Gasteiger partial charge in [-0.25, -0.2) is 0 Å². The highest BCUT2D eigenvalue weighted by Gasteiger charge is 2.09. The number of phenolic OH excluding ortho intramolecular Hbond substituents is 1. The molecule has 0 radical (unpaired) electrons. The molecule has 1 aromatic rings. The molecular formula is C10H11ClO3. The Hall–Kier alpha value is -1.22. The SMILES string of the molecule is Cc1ccc(CCC(=O)O)c(Cl)c1O. The predicted octanol–water partition coefficient (Wildman–Crippen LogP) is 2.37. The maximum atomic E-state index is 10.3. The fraction of sp³-hybridized carbons (Fsp3) is 0.300. The van der Waals surface area contributed by atoms with Gasteiger partial charge >= 0.3 is 5.97 Å². The van der Waals surface area contributed by atoms with Gasteiger partial charge in [-0.1, -0.05) is 23.7 Å². The third-order valence-electron chi connectivity index (χ3n) is 2.01. The van der Waals surface area contributed by atoms with E-state index in [0.717, 1.165) is 0 Å². The first-order valence-corrected chi connectivity index (χ1v) is 4.59. The molecular weight excluding hydrogens is 204 g/mol. The first-order valence-electron chi connectivity index (χ1n) is 4.21. The Morgan fingerprint density at radius 1 is 1.50 bits per heavy atom. The standard InChI is InChI=1S/C10H11ClO3/c1-6-2-3-7(4-5-8(12)13)9(11)10(6)14/h2-3,14H,4-5H2,1H3,(H,12,13). The summed E-state index contributed by atoms with van der Waals surface area (Å²) in [5.74, 6) is -0.837. The van der Waals surface area contributed by atoms with Crippen molar-refractivity contribution in [3.8, 4) is 5.75 Å². The minimum absolute atomic E-state index is 0.0161. The summed E-state index contributed by atoms with van der Waals surface area (Å²) in [5.41, 5.74) is 1.35. The van der Waals surface area contributed by atoms with Gasteiger partial charge in [0.2, 0.25) is 0 Å². The number of aliphatic carboxylic acids is 1. The van der Waals surface area contributed by atoms with Gasteiger partial charge in [0.25, 0.3) is 0 Å². The van der Waals surface area contributed by atoms with Crippen LogP contribution in [0.2, 0.25) is 5.02 Å². The van der Waals surface area contributed by atoms with Crippen molar-refractivity contribution in [1.82, 2.24) is 0 Å². The molecule has 76 valence electrons. The lowest BCUT2D eigenvalue weighted by molar-refractivity contribution is -0.136. The molecule has 0 aromatic heterocycles. The summed E-state index contributed by atoms with van der Waals surface area (Å²) in [7, 11) is 0. The fourth-order valence-corrected chi connectivity index (χ4v) is 1.44. The Balaban J connectivity index is 2.88. The minimum Gasteiger partial charge on any atom is -0.506 e. The topological polar surface area (TPSA) is 57.5 Å². The monoisotopic (exact) mass is 214 g/mol. The number of halogens is 1. The molecule has 1 rings (SSSR count). The second-order valence-corrected chi connectivity index (χ2v) is 3.48. The lowest BCUT2D eigenvalue weighted by Gasteiger charge is -2.06. The Kier molecular flexibility index (Phi) is 3.36. The van der Waals surface area contributed by atoms with E-state index in [0.29, 0.717) is 17.5 Å². The van der Waals surface area contributed by atoms with E-state index in [2.05, 4.69) is 0 Å². The van der Waals surface area contributed by atoms with Crippen LogP contribution in [-0.2, 0) is 11.2 Å². The average Bonchev–Trinajstić information content (AvgIpc) is 2.13. The van der Waals surface area contributed by atoms with Gasteiger partial charge in [0.1, 0.15) is 5.75 Å². The van der Waals surface area contributed by atoms with Crippen molar-refractivity contribution in [1.29, 1.82) is 0 Å². The van der Waals surface area contributed by atoms with Crippen molar-refractivity contribution in [3.05, 3.63) is 28.3 Å². The maximum absolute atomic E-state index is 10.3. The molecule has 0 bridgehead atoms. The van der Waals surface area contributed by atoms with Crippen LogP contribution in [-0.4, -0.2) is 16.2 Å². The number of hydrogen-bond acceptors (Lipinski definition) is 2. The molecule has 0 aliphatic rings. The summed E-state index contributed by atoms with van der Waals surface area (Å²) in [4.78, 5) is 10.3. The largest absolute Gasteiger partial charge is 0.506 e. The van der Waals surface area contributed by atoms with E-state index >= 15 is 0 Å². The average molecular weight is 215 g/mol.